The maximum Gasteiger partial charge on any atom is 0.336 e. The van der Waals surface area contributed by atoms with Gasteiger partial charge in [-0.05, 0) is 37.0 Å². The van der Waals surface area contributed by atoms with Crippen LogP contribution in [0.4, 0.5) is 0 Å². The van der Waals surface area contributed by atoms with Gasteiger partial charge in [0, 0.05) is 17.5 Å². The van der Waals surface area contributed by atoms with Crippen LogP contribution >= 0.6 is 0 Å². The fourth-order valence-corrected chi connectivity index (χ4v) is 2.62. The number of carbonyl (C=O) groups is 2. The smallest absolute Gasteiger partial charge is 0.336 e. The number of benzene rings is 1. The number of fused-ring (bicyclic) bond motifs is 1. The van der Waals surface area contributed by atoms with Gasteiger partial charge in [0.2, 0.25) is 0 Å². The molecular weight excluding hydrogens is 338 g/mol. The summed E-state index contributed by atoms with van der Waals surface area (Å²) in [6, 6.07) is 5.47. The lowest BCUT2D eigenvalue weighted by atomic mass is 10.0. The van der Waals surface area contributed by atoms with Crippen molar-refractivity contribution in [2.24, 2.45) is 5.92 Å². The van der Waals surface area contributed by atoms with Crippen molar-refractivity contribution < 1.29 is 23.8 Å². The Bertz CT molecular complexity index is 870. The van der Waals surface area contributed by atoms with Gasteiger partial charge in [0.15, 0.2) is 6.10 Å². The Labute approximate surface area is 151 Å². The third-order valence-electron chi connectivity index (χ3n) is 4.10. The van der Waals surface area contributed by atoms with Crippen LogP contribution in [0.1, 0.15) is 33.3 Å². The third-order valence-corrected chi connectivity index (χ3v) is 4.10. The molecule has 2 atom stereocenters. The highest BCUT2D eigenvalue weighted by atomic mass is 16.5. The molecule has 0 bridgehead atoms. The third kappa shape index (κ3) is 4.41. The first-order chi connectivity index (χ1) is 12.2. The van der Waals surface area contributed by atoms with E-state index in [1.807, 2.05) is 6.92 Å². The fourth-order valence-electron chi connectivity index (χ4n) is 2.62. The second-order valence-electron chi connectivity index (χ2n) is 6.43. The lowest BCUT2D eigenvalue weighted by Crippen LogP contribution is -2.48. The molecule has 1 amide bonds. The lowest BCUT2D eigenvalue weighted by molar-refractivity contribution is -0.144. The van der Waals surface area contributed by atoms with E-state index in [-0.39, 0.29) is 5.92 Å². The van der Waals surface area contributed by atoms with Crippen molar-refractivity contribution in [1.82, 2.24) is 5.32 Å². The molecule has 2 rings (SSSR count). The molecule has 0 aliphatic carbocycles. The average Bonchev–Trinajstić information content (AvgIpc) is 2.57. The van der Waals surface area contributed by atoms with E-state index in [0.717, 1.165) is 10.9 Å². The van der Waals surface area contributed by atoms with Gasteiger partial charge in [0.1, 0.15) is 17.4 Å². The predicted octanol–water partition coefficient (Wildman–Crippen LogP) is 2.35. The molecule has 0 saturated heterocycles. The largest absolute Gasteiger partial charge is 0.481 e. The van der Waals surface area contributed by atoms with Gasteiger partial charge in [-0.25, -0.2) is 9.59 Å². The zero-order valence-corrected chi connectivity index (χ0v) is 15.2. The first-order valence-electron chi connectivity index (χ1n) is 8.49. The lowest BCUT2D eigenvalue weighted by Gasteiger charge is -2.21. The number of amides is 1. The van der Waals surface area contributed by atoms with E-state index in [4.69, 9.17) is 14.3 Å². The summed E-state index contributed by atoms with van der Waals surface area (Å²) in [6.07, 6.45) is -0.221. The van der Waals surface area contributed by atoms with Gasteiger partial charge in [0.25, 0.3) is 5.91 Å². The number of aliphatic carboxylic acids is 1. The molecule has 0 saturated carbocycles. The van der Waals surface area contributed by atoms with Crippen LogP contribution in [0.25, 0.3) is 11.0 Å². The van der Waals surface area contributed by atoms with E-state index in [2.05, 4.69) is 5.32 Å². The molecule has 2 N–H and O–H groups in total. The van der Waals surface area contributed by atoms with Crippen LogP contribution in [0, 0.1) is 5.92 Å². The highest BCUT2D eigenvalue weighted by Crippen LogP contribution is 2.23. The Hall–Kier alpha value is -2.83. The molecule has 26 heavy (non-hydrogen) atoms. The summed E-state index contributed by atoms with van der Waals surface area (Å²) < 4.78 is 10.8. The van der Waals surface area contributed by atoms with Gasteiger partial charge in [-0.1, -0.05) is 20.8 Å². The van der Waals surface area contributed by atoms with Gasteiger partial charge < -0.3 is 19.6 Å². The molecular formula is C19H23NO6. The monoisotopic (exact) mass is 361 g/mol. The topological polar surface area (TPSA) is 106 Å². The number of carbonyl (C=O) groups excluding carboxylic acids is 1. The van der Waals surface area contributed by atoms with Crippen LogP contribution < -0.4 is 15.7 Å². The van der Waals surface area contributed by atoms with Crippen LogP contribution in [0.2, 0.25) is 0 Å². The molecule has 0 aliphatic rings. The molecule has 2 aromatic rings. The first-order valence-corrected chi connectivity index (χ1v) is 8.49. The summed E-state index contributed by atoms with van der Waals surface area (Å²) in [6.45, 7) is 6.89. The Morgan fingerprint density at radius 2 is 1.92 bits per heavy atom. The Morgan fingerprint density at radius 3 is 2.50 bits per heavy atom. The van der Waals surface area contributed by atoms with Crippen molar-refractivity contribution in [2.75, 3.05) is 0 Å². The van der Waals surface area contributed by atoms with Crippen molar-refractivity contribution in [3.63, 3.8) is 0 Å². The molecule has 0 radical (unpaired) electrons. The van der Waals surface area contributed by atoms with Gasteiger partial charge in [-0.2, -0.15) is 0 Å². The van der Waals surface area contributed by atoms with E-state index in [0.29, 0.717) is 17.8 Å². The minimum Gasteiger partial charge on any atom is -0.481 e. The summed E-state index contributed by atoms with van der Waals surface area (Å²) in [5, 5.41) is 12.4. The minimum atomic E-state index is -1.10. The SMILES string of the molecule is CCc1cc(=O)oc2cc(OC(C)C(=O)N[C@H](C(=O)O)C(C)C)ccc12. The fraction of sp³-hybridized carbons (Fsp3) is 0.421. The molecule has 1 heterocycles. The number of hydrogen-bond acceptors (Lipinski definition) is 5. The van der Waals surface area contributed by atoms with Crippen molar-refractivity contribution in [2.45, 2.75) is 46.3 Å². The van der Waals surface area contributed by atoms with Crippen molar-refractivity contribution in [3.8, 4) is 5.75 Å². The Kier molecular flexibility index (Phi) is 6.02. The van der Waals surface area contributed by atoms with E-state index in [9.17, 15) is 14.4 Å². The van der Waals surface area contributed by atoms with Crippen LogP contribution in [-0.2, 0) is 16.0 Å². The minimum absolute atomic E-state index is 0.258. The number of nitrogens with one attached hydrogen (secondary N) is 1. The molecule has 0 aliphatic heterocycles. The standard InChI is InChI=1S/C19H23NO6/c1-5-12-8-16(21)26-15-9-13(6-7-14(12)15)25-11(4)18(22)20-17(10(2)3)19(23)24/h6-11,17H,5H2,1-4H3,(H,20,22)(H,23,24)/t11?,17-/m0/s1. The van der Waals surface area contributed by atoms with Crippen LogP contribution in [0.5, 0.6) is 5.75 Å². The Morgan fingerprint density at radius 1 is 1.23 bits per heavy atom. The van der Waals surface area contributed by atoms with E-state index < -0.39 is 29.6 Å². The number of ether oxygens (including phenoxy) is 1. The second kappa shape index (κ2) is 8.03. The Balaban J connectivity index is 2.18. The molecule has 0 spiro atoms. The number of rotatable bonds is 7. The van der Waals surface area contributed by atoms with Crippen molar-refractivity contribution in [1.29, 1.82) is 0 Å². The van der Waals surface area contributed by atoms with Crippen LogP contribution in [0.15, 0.2) is 33.5 Å². The number of hydrogen-bond donors (Lipinski definition) is 2. The quantitative estimate of drug-likeness (QED) is 0.733. The summed E-state index contributed by atoms with van der Waals surface area (Å²) in [7, 11) is 0. The predicted molar refractivity (Wildman–Crippen MR) is 96.4 cm³/mol. The highest BCUT2D eigenvalue weighted by Gasteiger charge is 2.26. The normalized spacial score (nSPS) is 13.4. The first kappa shape index (κ1) is 19.5. The van der Waals surface area contributed by atoms with Crippen LogP contribution in [-0.4, -0.2) is 29.1 Å². The van der Waals surface area contributed by atoms with Crippen molar-refractivity contribution >= 4 is 22.8 Å². The zero-order chi connectivity index (χ0) is 19.4. The number of carboxylic acid groups (broad SMARTS) is 1. The summed E-state index contributed by atoms with van der Waals surface area (Å²) in [5.41, 5.74) is 0.804. The molecule has 1 aromatic carbocycles. The van der Waals surface area contributed by atoms with Gasteiger partial charge in [0.05, 0.1) is 0 Å². The molecule has 7 nitrogen and oxygen atoms in total. The van der Waals surface area contributed by atoms with E-state index in [1.165, 1.54) is 13.0 Å². The number of aryl methyl sites for hydroxylation is 1. The van der Waals surface area contributed by atoms with Gasteiger partial charge in [-0.15, -0.1) is 0 Å². The molecule has 7 heteroatoms. The molecule has 140 valence electrons. The summed E-state index contributed by atoms with van der Waals surface area (Å²) in [4.78, 5) is 35.0. The second-order valence-corrected chi connectivity index (χ2v) is 6.43. The maximum absolute atomic E-state index is 12.2. The van der Waals surface area contributed by atoms with Crippen LogP contribution in [0.3, 0.4) is 0 Å². The highest BCUT2D eigenvalue weighted by molar-refractivity contribution is 5.86. The molecule has 1 aromatic heterocycles. The molecule has 0 fully saturated rings. The molecule has 1 unspecified atom stereocenters. The maximum atomic E-state index is 12.2. The average molecular weight is 361 g/mol. The number of carboxylic acids is 1. The van der Waals surface area contributed by atoms with Gasteiger partial charge >= 0.3 is 11.6 Å². The van der Waals surface area contributed by atoms with Crippen molar-refractivity contribution in [3.05, 3.63) is 40.2 Å². The van der Waals surface area contributed by atoms with Gasteiger partial charge in [-0.3, -0.25) is 4.79 Å². The van der Waals surface area contributed by atoms with E-state index >= 15 is 0 Å². The van der Waals surface area contributed by atoms with E-state index in [1.54, 1.807) is 32.0 Å². The zero-order valence-electron chi connectivity index (χ0n) is 15.2. The summed E-state index contributed by atoms with van der Waals surface area (Å²) in [5.74, 6) is -1.53. The summed E-state index contributed by atoms with van der Waals surface area (Å²) >= 11 is 0.